The van der Waals surface area contributed by atoms with Crippen molar-refractivity contribution in [2.75, 3.05) is 6.54 Å². The molecule has 0 unspecified atom stereocenters. The average Bonchev–Trinajstić information content (AvgIpc) is 2.06. The molecule has 0 radical (unpaired) electrons. The van der Waals surface area contributed by atoms with E-state index < -0.39 is 6.10 Å². The third kappa shape index (κ3) is 3.72. The highest BCUT2D eigenvalue weighted by Crippen LogP contribution is 2.01. The first-order valence-corrected chi connectivity index (χ1v) is 3.75. The van der Waals surface area contributed by atoms with E-state index in [1.54, 1.807) is 0 Å². The summed E-state index contributed by atoms with van der Waals surface area (Å²) in [6.07, 6.45) is 0.245. The lowest BCUT2D eigenvalue weighted by Crippen LogP contribution is -2.21. The van der Waals surface area contributed by atoms with Gasteiger partial charge in [0.15, 0.2) is 0 Å². The molecule has 0 aromatic heterocycles. The van der Waals surface area contributed by atoms with E-state index in [1.807, 2.05) is 30.3 Å². The van der Waals surface area contributed by atoms with Gasteiger partial charge in [0.1, 0.15) is 0 Å². The highest BCUT2D eigenvalue weighted by molar-refractivity contribution is 5.85. The summed E-state index contributed by atoms with van der Waals surface area (Å²) in [5.74, 6) is 0. The van der Waals surface area contributed by atoms with Crippen molar-refractivity contribution in [2.24, 2.45) is 5.73 Å². The van der Waals surface area contributed by atoms with E-state index in [9.17, 15) is 5.11 Å². The predicted octanol–water partition coefficient (Wildman–Crippen LogP) is 0.970. The SMILES string of the molecule is Cl.NC[C@@H](O)Cc1ccccc1. The molecule has 0 aliphatic carbocycles. The topological polar surface area (TPSA) is 46.2 Å². The molecule has 2 nitrogen and oxygen atoms in total. The van der Waals surface area contributed by atoms with Crippen LogP contribution in [0.15, 0.2) is 30.3 Å². The number of halogens is 1. The molecule has 0 aliphatic heterocycles. The Kier molecular flexibility index (Phi) is 5.72. The summed E-state index contributed by atoms with van der Waals surface area (Å²) in [5, 5.41) is 9.19. The van der Waals surface area contributed by atoms with Crippen LogP contribution in [0, 0.1) is 0 Å². The van der Waals surface area contributed by atoms with Crippen molar-refractivity contribution in [2.45, 2.75) is 12.5 Å². The van der Waals surface area contributed by atoms with Gasteiger partial charge in [0.2, 0.25) is 0 Å². The largest absolute Gasteiger partial charge is 0.391 e. The van der Waals surface area contributed by atoms with Gasteiger partial charge < -0.3 is 10.8 Å². The maximum atomic E-state index is 9.19. The summed E-state index contributed by atoms with van der Waals surface area (Å²) in [5.41, 5.74) is 6.40. The quantitative estimate of drug-likeness (QED) is 0.741. The van der Waals surface area contributed by atoms with Crippen molar-refractivity contribution in [3.05, 3.63) is 35.9 Å². The van der Waals surface area contributed by atoms with Gasteiger partial charge in [-0.05, 0) is 12.0 Å². The zero-order valence-corrected chi connectivity index (χ0v) is 7.63. The smallest absolute Gasteiger partial charge is 0.0702 e. The van der Waals surface area contributed by atoms with Crippen LogP contribution in [0.2, 0.25) is 0 Å². The van der Waals surface area contributed by atoms with E-state index in [2.05, 4.69) is 0 Å². The molecule has 12 heavy (non-hydrogen) atoms. The van der Waals surface area contributed by atoms with E-state index in [-0.39, 0.29) is 12.4 Å². The van der Waals surface area contributed by atoms with Crippen molar-refractivity contribution < 1.29 is 5.11 Å². The number of nitrogens with two attached hydrogens (primary N) is 1. The summed E-state index contributed by atoms with van der Waals surface area (Å²) in [6.45, 7) is 0.328. The minimum atomic E-state index is -0.405. The molecule has 0 saturated heterocycles. The maximum absolute atomic E-state index is 9.19. The van der Waals surface area contributed by atoms with Gasteiger partial charge in [-0.2, -0.15) is 0 Å². The highest BCUT2D eigenvalue weighted by Gasteiger charge is 2.00. The molecule has 0 aliphatic rings. The number of hydrogen-bond acceptors (Lipinski definition) is 2. The molecule has 0 heterocycles. The summed E-state index contributed by atoms with van der Waals surface area (Å²) in [6, 6.07) is 9.84. The van der Waals surface area contributed by atoms with Crippen molar-refractivity contribution in [3.8, 4) is 0 Å². The Balaban J connectivity index is 0.00000121. The van der Waals surface area contributed by atoms with Gasteiger partial charge in [-0.1, -0.05) is 30.3 Å². The van der Waals surface area contributed by atoms with Crippen molar-refractivity contribution in [3.63, 3.8) is 0 Å². The third-order valence-corrected chi connectivity index (χ3v) is 1.59. The van der Waals surface area contributed by atoms with E-state index in [0.29, 0.717) is 13.0 Å². The monoisotopic (exact) mass is 187 g/mol. The van der Waals surface area contributed by atoms with E-state index in [1.165, 1.54) is 0 Å². The molecule has 0 amide bonds. The van der Waals surface area contributed by atoms with E-state index in [0.717, 1.165) is 5.56 Å². The van der Waals surface area contributed by atoms with Crippen LogP contribution < -0.4 is 5.73 Å². The second-order valence-corrected chi connectivity index (χ2v) is 2.58. The van der Waals surface area contributed by atoms with Crippen LogP contribution in [-0.2, 0) is 6.42 Å². The van der Waals surface area contributed by atoms with Gasteiger partial charge in [-0.25, -0.2) is 0 Å². The first-order chi connectivity index (χ1) is 5.33. The van der Waals surface area contributed by atoms with E-state index in [4.69, 9.17) is 5.73 Å². The van der Waals surface area contributed by atoms with Gasteiger partial charge in [0.05, 0.1) is 6.10 Å². The summed E-state index contributed by atoms with van der Waals surface area (Å²) in [4.78, 5) is 0. The number of aliphatic hydroxyl groups excluding tert-OH is 1. The third-order valence-electron chi connectivity index (χ3n) is 1.59. The molecule has 1 aromatic carbocycles. The van der Waals surface area contributed by atoms with Crippen LogP contribution >= 0.6 is 12.4 Å². The fourth-order valence-electron chi connectivity index (χ4n) is 0.970. The van der Waals surface area contributed by atoms with Crippen LogP contribution in [0.1, 0.15) is 5.56 Å². The first-order valence-electron chi connectivity index (χ1n) is 3.75. The molecular weight excluding hydrogens is 174 g/mol. The van der Waals surface area contributed by atoms with Gasteiger partial charge in [0.25, 0.3) is 0 Å². The number of benzene rings is 1. The Hall–Kier alpha value is -0.570. The summed E-state index contributed by atoms with van der Waals surface area (Å²) in [7, 11) is 0. The van der Waals surface area contributed by atoms with Crippen LogP contribution in [0.25, 0.3) is 0 Å². The first kappa shape index (κ1) is 11.4. The zero-order chi connectivity index (χ0) is 8.10. The lowest BCUT2D eigenvalue weighted by atomic mass is 10.1. The Morgan fingerprint density at radius 1 is 1.25 bits per heavy atom. The molecule has 68 valence electrons. The molecule has 3 heteroatoms. The van der Waals surface area contributed by atoms with Crippen molar-refractivity contribution in [1.82, 2.24) is 0 Å². The van der Waals surface area contributed by atoms with Gasteiger partial charge in [-0.3, -0.25) is 0 Å². The summed E-state index contributed by atoms with van der Waals surface area (Å²) < 4.78 is 0. The normalized spacial score (nSPS) is 11.8. The van der Waals surface area contributed by atoms with Crippen LogP contribution in [0.3, 0.4) is 0 Å². The Bertz CT molecular complexity index is 203. The Morgan fingerprint density at radius 3 is 2.33 bits per heavy atom. The molecule has 0 saturated carbocycles. The highest BCUT2D eigenvalue weighted by atomic mass is 35.5. The van der Waals surface area contributed by atoms with E-state index >= 15 is 0 Å². The second-order valence-electron chi connectivity index (χ2n) is 2.58. The zero-order valence-electron chi connectivity index (χ0n) is 6.81. The van der Waals surface area contributed by atoms with Gasteiger partial charge >= 0.3 is 0 Å². The molecule has 1 rings (SSSR count). The fourth-order valence-corrected chi connectivity index (χ4v) is 0.970. The number of aliphatic hydroxyl groups is 1. The number of hydrogen-bond donors (Lipinski definition) is 2. The molecule has 0 spiro atoms. The second kappa shape index (κ2) is 6.00. The Morgan fingerprint density at radius 2 is 1.83 bits per heavy atom. The molecule has 3 N–H and O–H groups in total. The van der Waals surface area contributed by atoms with Crippen LogP contribution in [0.5, 0.6) is 0 Å². The lowest BCUT2D eigenvalue weighted by Gasteiger charge is -2.06. The van der Waals surface area contributed by atoms with Crippen molar-refractivity contribution in [1.29, 1.82) is 0 Å². The standard InChI is InChI=1S/C9H13NO.ClH/c10-7-9(11)6-8-4-2-1-3-5-8;/h1-5,9,11H,6-7,10H2;1H/t9-;/m0./s1. The Labute approximate surface area is 78.8 Å². The van der Waals surface area contributed by atoms with Gasteiger partial charge in [-0.15, -0.1) is 12.4 Å². The van der Waals surface area contributed by atoms with Gasteiger partial charge in [0, 0.05) is 6.54 Å². The average molecular weight is 188 g/mol. The summed E-state index contributed by atoms with van der Waals surface area (Å²) >= 11 is 0. The predicted molar refractivity (Wildman–Crippen MR) is 52.5 cm³/mol. The fraction of sp³-hybridized carbons (Fsp3) is 0.333. The molecule has 0 fully saturated rings. The molecular formula is C9H14ClNO. The van der Waals surface area contributed by atoms with Crippen LogP contribution in [0.4, 0.5) is 0 Å². The minimum Gasteiger partial charge on any atom is -0.391 e. The lowest BCUT2D eigenvalue weighted by molar-refractivity contribution is 0.183. The minimum absolute atomic E-state index is 0. The number of rotatable bonds is 3. The molecule has 1 aromatic rings. The maximum Gasteiger partial charge on any atom is 0.0702 e. The molecule has 1 atom stereocenters. The van der Waals surface area contributed by atoms with Crippen molar-refractivity contribution >= 4 is 12.4 Å². The molecule has 0 bridgehead atoms. The van der Waals surface area contributed by atoms with Crippen LogP contribution in [-0.4, -0.2) is 17.8 Å².